The van der Waals surface area contributed by atoms with E-state index in [2.05, 4.69) is 134 Å². The first kappa shape index (κ1) is 19.5. The lowest BCUT2D eigenvalue weighted by molar-refractivity contribution is 0.995. The van der Waals surface area contributed by atoms with Gasteiger partial charge >= 0.3 is 0 Å². The Morgan fingerprint density at radius 3 is 1.67 bits per heavy atom. The van der Waals surface area contributed by atoms with Gasteiger partial charge in [-0.3, -0.25) is 0 Å². The Balaban J connectivity index is 1.77. The van der Waals surface area contributed by atoms with Gasteiger partial charge in [0.05, 0.1) is 0 Å². The third kappa shape index (κ3) is 3.36. The minimum Gasteiger partial charge on any atom is -0.378 e. The Morgan fingerprint density at radius 1 is 0.700 bits per heavy atom. The van der Waals surface area contributed by atoms with E-state index in [1.54, 1.807) is 0 Å². The van der Waals surface area contributed by atoms with Gasteiger partial charge in [0, 0.05) is 68.8 Å². The summed E-state index contributed by atoms with van der Waals surface area (Å²) in [6.45, 7) is 0. The molecule has 150 valence electrons. The first-order valence-electron chi connectivity index (χ1n) is 9.81. The number of nitrogens with zero attached hydrogens (tertiary/aromatic N) is 1. The first-order chi connectivity index (χ1) is 14.5. The summed E-state index contributed by atoms with van der Waals surface area (Å²) < 4.78 is 2.17. The van der Waals surface area contributed by atoms with Crippen LogP contribution in [0, 0.1) is 0 Å². The zero-order valence-corrected chi connectivity index (χ0v) is 19.9. The Hall–Kier alpha value is -2.50. The van der Waals surface area contributed by atoms with Crippen LogP contribution in [0.1, 0.15) is 22.6 Å². The maximum atomic E-state index is 3.65. The lowest BCUT2D eigenvalue weighted by Gasteiger charge is -2.19. The Morgan fingerprint density at radius 2 is 1.20 bits per heavy atom. The van der Waals surface area contributed by atoms with Crippen LogP contribution >= 0.6 is 31.9 Å². The van der Waals surface area contributed by atoms with E-state index in [9.17, 15) is 0 Å². The molecular formula is C25H21Br2N3. The maximum Gasteiger partial charge on any atom is 0.0457 e. The molecule has 0 saturated heterocycles. The summed E-state index contributed by atoms with van der Waals surface area (Å²) >= 11 is 7.30. The van der Waals surface area contributed by atoms with Crippen LogP contribution in [0.3, 0.4) is 0 Å². The monoisotopic (exact) mass is 521 g/mol. The zero-order valence-electron chi connectivity index (χ0n) is 16.7. The molecule has 5 aromatic rings. The zero-order chi connectivity index (χ0) is 20.8. The van der Waals surface area contributed by atoms with E-state index in [4.69, 9.17) is 0 Å². The topological polar surface area (TPSA) is 34.8 Å². The molecule has 30 heavy (non-hydrogen) atoms. The summed E-state index contributed by atoms with van der Waals surface area (Å²) in [4.78, 5) is 9.07. The van der Waals surface area contributed by atoms with E-state index >= 15 is 0 Å². The summed E-state index contributed by atoms with van der Waals surface area (Å²) in [5.41, 5.74) is 7.28. The van der Waals surface area contributed by atoms with E-state index in [0.717, 1.165) is 20.0 Å². The number of anilines is 1. The normalized spacial score (nSPS) is 11.6. The molecule has 0 aliphatic rings. The molecule has 0 aliphatic heterocycles. The van der Waals surface area contributed by atoms with Crippen LogP contribution in [0.5, 0.6) is 0 Å². The average molecular weight is 523 g/mol. The summed E-state index contributed by atoms with van der Waals surface area (Å²) in [6.07, 6.45) is 4.30. The van der Waals surface area contributed by atoms with Crippen molar-refractivity contribution >= 4 is 59.4 Å². The summed E-state index contributed by atoms with van der Waals surface area (Å²) in [5.74, 6) is 0.104. The van der Waals surface area contributed by atoms with Crippen LogP contribution in [-0.2, 0) is 0 Å². The molecule has 0 atom stereocenters. The van der Waals surface area contributed by atoms with Gasteiger partial charge in [-0.2, -0.15) is 0 Å². The number of H-pyrrole nitrogens is 2. The molecular weight excluding hydrogens is 502 g/mol. The smallest absolute Gasteiger partial charge is 0.0457 e. The van der Waals surface area contributed by atoms with E-state index < -0.39 is 0 Å². The van der Waals surface area contributed by atoms with Crippen LogP contribution in [0.2, 0.25) is 0 Å². The predicted octanol–water partition coefficient (Wildman–Crippen LogP) is 7.42. The minimum atomic E-state index is 0.104. The van der Waals surface area contributed by atoms with Crippen LogP contribution in [0.4, 0.5) is 5.69 Å². The molecule has 5 rings (SSSR count). The second-order valence-corrected chi connectivity index (χ2v) is 9.62. The highest BCUT2D eigenvalue weighted by Crippen LogP contribution is 2.40. The lowest BCUT2D eigenvalue weighted by atomic mass is 9.84. The third-order valence-corrected chi connectivity index (χ3v) is 6.70. The largest absolute Gasteiger partial charge is 0.378 e. The third-order valence-electron chi connectivity index (χ3n) is 5.72. The fraction of sp³-hybridized carbons (Fsp3) is 0.120. The number of hydrogen-bond donors (Lipinski definition) is 2. The number of hydrogen-bond acceptors (Lipinski definition) is 1. The van der Waals surface area contributed by atoms with Gasteiger partial charge in [0.1, 0.15) is 0 Å². The number of aromatic nitrogens is 2. The highest BCUT2D eigenvalue weighted by molar-refractivity contribution is 9.10. The minimum absolute atomic E-state index is 0.104. The molecule has 0 saturated carbocycles. The van der Waals surface area contributed by atoms with Gasteiger partial charge in [0.2, 0.25) is 0 Å². The Kier molecular flexibility index (Phi) is 4.95. The quantitative estimate of drug-likeness (QED) is 0.253. The maximum absolute atomic E-state index is 3.65. The van der Waals surface area contributed by atoms with Gasteiger partial charge in [-0.05, 0) is 65.2 Å². The van der Waals surface area contributed by atoms with Gasteiger partial charge < -0.3 is 14.9 Å². The fourth-order valence-electron chi connectivity index (χ4n) is 4.20. The molecule has 0 unspecified atom stereocenters. The van der Waals surface area contributed by atoms with Gasteiger partial charge in [-0.15, -0.1) is 0 Å². The molecule has 3 nitrogen and oxygen atoms in total. The molecule has 0 fully saturated rings. The van der Waals surface area contributed by atoms with Crippen molar-refractivity contribution in [3.05, 3.63) is 98.7 Å². The van der Waals surface area contributed by atoms with E-state index in [1.165, 1.54) is 33.2 Å². The molecule has 0 aliphatic carbocycles. The van der Waals surface area contributed by atoms with E-state index in [0.29, 0.717) is 0 Å². The number of benzene rings is 3. The van der Waals surface area contributed by atoms with Crippen molar-refractivity contribution in [3.63, 3.8) is 0 Å². The standard InChI is InChI=1S/C25H21Br2N3/c1-30(2)18-7-3-15(4-8-18)25(21-13-28-23-9-5-16(26)11-19(21)23)22-14-29-24-10-6-17(27)12-20(22)24/h3-14,25,28-29H,1-2H3. The fourth-order valence-corrected chi connectivity index (χ4v) is 4.92. The summed E-state index contributed by atoms with van der Waals surface area (Å²) in [5, 5.41) is 2.46. The van der Waals surface area contributed by atoms with Gasteiger partial charge in [-0.25, -0.2) is 0 Å². The second kappa shape index (κ2) is 7.64. The van der Waals surface area contributed by atoms with Gasteiger partial charge in [0.25, 0.3) is 0 Å². The number of halogens is 2. The number of nitrogens with one attached hydrogen (secondary N) is 2. The Labute approximate surface area is 192 Å². The number of aromatic amines is 2. The summed E-state index contributed by atoms with van der Waals surface area (Å²) in [7, 11) is 4.14. The molecule has 0 radical (unpaired) electrons. The van der Waals surface area contributed by atoms with Crippen molar-refractivity contribution in [3.8, 4) is 0 Å². The SMILES string of the molecule is CN(C)c1ccc(C(c2c[nH]c3ccc(Br)cc23)c2c[nH]c3ccc(Br)cc23)cc1. The van der Waals surface area contributed by atoms with Crippen LogP contribution in [0.25, 0.3) is 21.8 Å². The highest BCUT2D eigenvalue weighted by atomic mass is 79.9. The highest BCUT2D eigenvalue weighted by Gasteiger charge is 2.23. The van der Waals surface area contributed by atoms with E-state index in [1.807, 2.05) is 0 Å². The van der Waals surface area contributed by atoms with E-state index in [-0.39, 0.29) is 5.92 Å². The summed E-state index contributed by atoms with van der Waals surface area (Å²) in [6, 6.07) is 21.7. The molecule has 2 heterocycles. The van der Waals surface area contributed by atoms with Crippen LogP contribution in [0.15, 0.2) is 82.0 Å². The first-order valence-corrected chi connectivity index (χ1v) is 11.4. The molecule has 5 heteroatoms. The van der Waals surface area contributed by atoms with Crippen LogP contribution in [-0.4, -0.2) is 24.1 Å². The van der Waals surface area contributed by atoms with Crippen molar-refractivity contribution in [2.75, 3.05) is 19.0 Å². The molecule has 0 spiro atoms. The van der Waals surface area contributed by atoms with Crippen molar-refractivity contribution in [2.45, 2.75) is 5.92 Å². The van der Waals surface area contributed by atoms with Crippen LogP contribution < -0.4 is 4.90 Å². The number of rotatable bonds is 4. The van der Waals surface area contributed by atoms with Crippen molar-refractivity contribution < 1.29 is 0 Å². The molecule has 3 aromatic carbocycles. The molecule has 0 bridgehead atoms. The molecule has 0 amide bonds. The lowest BCUT2D eigenvalue weighted by Crippen LogP contribution is -2.09. The average Bonchev–Trinajstić information content (AvgIpc) is 3.33. The second-order valence-electron chi connectivity index (χ2n) is 7.79. The molecule has 2 aromatic heterocycles. The predicted molar refractivity (Wildman–Crippen MR) is 134 cm³/mol. The Bertz CT molecular complexity index is 1270. The van der Waals surface area contributed by atoms with Gasteiger partial charge in [-0.1, -0.05) is 44.0 Å². The number of fused-ring (bicyclic) bond motifs is 2. The molecule has 2 N–H and O–H groups in total. The van der Waals surface area contributed by atoms with Gasteiger partial charge in [0.15, 0.2) is 0 Å². The van der Waals surface area contributed by atoms with Crippen molar-refractivity contribution in [2.24, 2.45) is 0 Å². The van der Waals surface area contributed by atoms with Crippen molar-refractivity contribution in [1.82, 2.24) is 9.97 Å². The van der Waals surface area contributed by atoms with Crippen molar-refractivity contribution in [1.29, 1.82) is 0 Å².